The fourth-order valence-corrected chi connectivity index (χ4v) is 7.73. The van der Waals surface area contributed by atoms with E-state index in [2.05, 4.69) is 24.3 Å². The Morgan fingerprint density at radius 3 is 1.80 bits per heavy atom. The normalized spacial score (nSPS) is 19.5. The molecule has 0 heterocycles. The van der Waals surface area contributed by atoms with Gasteiger partial charge in [0, 0.05) is 22.7 Å². The van der Waals surface area contributed by atoms with Gasteiger partial charge in [-0.25, -0.2) is 0 Å². The van der Waals surface area contributed by atoms with Gasteiger partial charge in [-0.2, -0.15) is 0 Å². The summed E-state index contributed by atoms with van der Waals surface area (Å²) in [5, 5.41) is 1.99. The Morgan fingerprint density at radius 2 is 1.36 bits per heavy atom. The summed E-state index contributed by atoms with van der Waals surface area (Å²) in [5.74, 6) is 0.427. The molecule has 2 aliphatic rings. The average molecular weight is 348 g/mol. The molecule has 0 radical (unpaired) electrons. The molecule has 0 saturated heterocycles. The third-order valence-corrected chi connectivity index (χ3v) is 9.24. The minimum atomic E-state index is -2.65. The van der Waals surface area contributed by atoms with Gasteiger partial charge in [0.15, 0.2) is 0 Å². The second-order valence-corrected chi connectivity index (χ2v) is 10.2. The fourth-order valence-electron chi connectivity index (χ4n) is 4.34. The molecule has 2 aliphatic carbocycles. The molecule has 128 valence electrons. The lowest BCUT2D eigenvalue weighted by Gasteiger charge is -2.48. The summed E-state index contributed by atoms with van der Waals surface area (Å²) in [7, 11) is -2.65. The minimum Gasteiger partial charge on any atom is -0.314 e. The van der Waals surface area contributed by atoms with Crippen LogP contribution >= 0.6 is 7.14 Å². The summed E-state index contributed by atoms with van der Waals surface area (Å²) >= 11 is 0. The van der Waals surface area contributed by atoms with E-state index >= 15 is 0 Å². The largest absolute Gasteiger partial charge is 0.314 e. The molecule has 0 aromatic heterocycles. The highest BCUT2D eigenvalue weighted by atomic mass is 31.2. The topological polar surface area (TPSA) is 17.1 Å². The first-order chi connectivity index (χ1) is 12.2. The summed E-state index contributed by atoms with van der Waals surface area (Å²) in [6, 6.07) is 20.3. The maximum Gasteiger partial charge on any atom is 0.143 e. The Hall–Kier alpha value is -1.85. The first-order valence-corrected chi connectivity index (χ1v) is 11.2. The second-order valence-electron chi connectivity index (χ2n) is 7.40. The van der Waals surface area contributed by atoms with Crippen molar-refractivity contribution in [1.82, 2.24) is 0 Å². The zero-order valence-corrected chi connectivity index (χ0v) is 15.4. The van der Waals surface area contributed by atoms with Crippen molar-refractivity contribution in [2.75, 3.05) is 6.16 Å². The van der Waals surface area contributed by atoms with Crippen LogP contribution in [-0.2, 0) is 4.57 Å². The summed E-state index contributed by atoms with van der Waals surface area (Å²) in [6.45, 7) is 0. The molecule has 0 aliphatic heterocycles. The number of allylic oxidation sites excluding steroid dienone is 4. The molecule has 25 heavy (non-hydrogen) atoms. The van der Waals surface area contributed by atoms with E-state index in [9.17, 15) is 4.57 Å². The van der Waals surface area contributed by atoms with Crippen LogP contribution in [0.15, 0.2) is 85.0 Å². The molecule has 0 N–H and O–H groups in total. The predicted octanol–water partition coefficient (Wildman–Crippen LogP) is 5.30. The Bertz CT molecular complexity index is 760. The van der Waals surface area contributed by atoms with Crippen LogP contribution < -0.4 is 10.6 Å². The molecule has 0 bridgehead atoms. The van der Waals surface area contributed by atoms with Gasteiger partial charge in [0.2, 0.25) is 0 Å². The first kappa shape index (κ1) is 16.6. The van der Waals surface area contributed by atoms with Crippen molar-refractivity contribution in [3.63, 3.8) is 0 Å². The van der Waals surface area contributed by atoms with Crippen LogP contribution in [0.1, 0.15) is 25.7 Å². The van der Waals surface area contributed by atoms with Gasteiger partial charge < -0.3 is 4.57 Å². The van der Waals surface area contributed by atoms with Gasteiger partial charge in [-0.1, -0.05) is 91.4 Å². The van der Waals surface area contributed by atoms with Crippen molar-refractivity contribution < 1.29 is 4.57 Å². The molecule has 2 aromatic rings. The molecular formula is C23H25OP. The fraction of sp³-hybridized carbons (Fsp3) is 0.304. The summed E-state index contributed by atoms with van der Waals surface area (Å²) in [4.78, 5) is 0. The molecule has 1 fully saturated rings. The van der Waals surface area contributed by atoms with Crippen LogP contribution in [0, 0.1) is 11.3 Å². The zero-order valence-electron chi connectivity index (χ0n) is 14.6. The molecule has 2 heteroatoms. The van der Waals surface area contributed by atoms with Gasteiger partial charge in [0.25, 0.3) is 0 Å². The van der Waals surface area contributed by atoms with E-state index in [1.807, 2.05) is 60.7 Å². The van der Waals surface area contributed by atoms with E-state index in [0.717, 1.165) is 23.2 Å². The molecule has 0 atom stereocenters. The Kier molecular flexibility index (Phi) is 4.52. The molecule has 0 unspecified atom stereocenters. The van der Waals surface area contributed by atoms with Crippen LogP contribution in [0.25, 0.3) is 0 Å². The zero-order chi connectivity index (χ0) is 17.2. The standard InChI is InChI=1S/C23H25OP/c24-25(21-13-6-2-7-14-21,22-15-8-3-9-16-22)19-23(17-10-18-23)20-11-4-1-5-12-20/h2-9,11-16,20H,1,10,17-19H2. The third kappa shape index (κ3) is 3.07. The van der Waals surface area contributed by atoms with Gasteiger partial charge in [0.1, 0.15) is 7.14 Å². The lowest BCUT2D eigenvalue weighted by atomic mass is 9.61. The number of hydrogen-bond donors (Lipinski definition) is 0. The van der Waals surface area contributed by atoms with Crippen molar-refractivity contribution in [2.24, 2.45) is 11.3 Å². The van der Waals surface area contributed by atoms with E-state index in [1.165, 1.54) is 19.3 Å². The summed E-state index contributed by atoms with van der Waals surface area (Å²) in [6.07, 6.45) is 14.6. The Balaban J connectivity index is 1.77. The highest BCUT2D eigenvalue weighted by Gasteiger charge is 2.47. The molecular weight excluding hydrogens is 323 g/mol. The van der Waals surface area contributed by atoms with Crippen LogP contribution in [-0.4, -0.2) is 6.16 Å². The van der Waals surface area contributed by atoms with Gasteiger partial charge in [-0.05, 0) is 24.7 Å². The smallest absolute Gasteiger partial charge is 0.143 e. The summed E-state index contributed by atoms with van der Waals surface area (Å²) in [5.41, 5.74) is 0.147. The van der Waals surface area contributed by atoms with E-state index in [1.54, 1.807) is 0 Å². The van der Waals surface area contributed by atoms with Crippen molar-refractivity contribution in [3.05, 3.63) is 85.0 Å². The monoisotopic (exact) mass is 348 g/mol. The minimum absolute atomic E-state index is 0.147. The molecule has 0 spiro atoms. The molecule has 1 saturated carbocycles. The lowest BCUT2D eigenvalue weighted by Crippen LogP contribution is -2.42. The van der Waals surface area contributed by atoms with Crippen LogP contribution in [0.3, 0.4) is 0 Å². The van der Waals surface area contributed by atoms with Gasteiger partial charge >= 0.3 is 0 Å². The second kappa shape index (κ2) is 6.81. The van der Waals surface area contributed by atoms with Crippen LogP contribution in [0.4, 0.5) is 0 Å². The highest BCUT2D eigenvalue weighted by Crippen LogP contribution is 2.59. The van der Waals surface area contributed by atoms with Gasteiger partial charge in [-0.3, -0.25) is 0 Å². The van der Waals surface area contributed by atoms with Crippen molar-refractivity contribution in [1.29, 1.82) is 0 Å². The number of rotatable bonds is 5. The SMILES string of the molecule is O=P(CC1(C2C=CCC=C2)CCC1)(c1ccccc1)c1ccccc1. The van der Waals surface area contributed by atoms with Gasteiger partial charge in [0.05, 0.1) is 0 Å². The molecule has 0 amide bonds. The maximum absolute atomic E-state index is 14.4. The van der Waals surface area contributed by atoms with Crippen molar-refractivity contribution in [3.8, 4) is 0 Å². The van der Waals surface area contributed by atoms with E-state index in [0.29, 0.717) is 5.92 Å². The molecule has 2 aromatic carbocycles. The summed E-state index contributed by atoms with van der Waals surface area (Å²) < 4.78 is 14.4. The third-order valence-electron chi connectivity index (χ3n) is 5.90. The Labute approximate surface area is 150 Å². The molecule has 1 nitrogen and oxygen atoms in total. The number of benzene rings is 2. The average Bonchev–Trinajstić information content (AvgIpc) is 2.67. The predicted molar refractivity (Wildman–Crippen MR) is 107 cm³/mol. The van der Waals surface area contributed by atoms with E-state index in [-0.39, 0.29) is 5.41 Å². The lowest BCUT2D eigenvalue weighted by molar-refractivity contribution is 0.127. The van der Waals surface area contributed by atoms with Crippen LogP contribution in [0.5, 0.6) is 0 Å². The highest BCUT2D eigenvalue weighted by molar-refractivity contribution is 7.78. The van der Waals surface area contributed by atoms with Crippen LogP contribution in [0.2, 0.25) is 0 Å². The van der Waals surface area contributed by atoms with E-state index in [4.69, 9.17) is 0 Å². The van der Waals surface area contributed by atoms with Gasteiger partial charge in [-0.15, -0.1) is 0 Å². The van der Waals surface area contributed by atoms with E-state index < -0.39 is 7.14 Å². The number of hydrogen-bond acceptors (Lipinski definition) is 1. The maximum atomic E-state index is 14.4. The molecule has 4 rings (SSSR count). The Morgan fingerprint density at radius 1 is 0.840 bits per heavy atom. The van der Waals surface area contributed by atoms with Crippen molar-refractivity contribution >= 4 is 17.8 Å². The quantitative estimate of drug-likeness (QED) is 0.529. The first-order valence-electron chi connectivity index (χ1n) is 9.27. The van der Waals surface area contributed by atoms with Crippen molar-refractivity contribution in [2.45, 2.75) is 25.7 Å².